The standard InChI is InChI=1S/C14H16ClN3/c1-9-6-5-7-12(8-9)18(4)14-11(3)10(2)13(15)16-17-14/h5-8H,1-4H3. The van der Waals surface area contributed by atoms with Crippen LogP contribution in [0.25, 0.3) is 0 Å². The molecule has 94 valence electrons. The Kier molecular flexibility index (Phi) is 3.53. The second kappa shape index (κ2) is 4.94. The highest BCUT2D eigenvalue weighted by molar-refractivity contribution is 6.30. The molecule has 18 heavy (non-hydrogen) atoms. The van der Waals surface area contributed by atoms with Crippen LogP contribution in [0, 0.1) is 20.8 Å². The van der Waals surface area contributed by atoms with Crippen LogP contribution in [0.15, 0.2) is 24.3 Å². The third-order valence-electron chi connectivity index (χ3n) is 3.15. The van der Waals surface area contributed by atoms with Gasteiger partial charge in [0.15, 0.2) is 11.0 Å². The molecular formula is C14H16ClN3. The van der Waals surface area contributed by atoms with Crippen LogP contribution in [0.5, 0.6) is 0 Å². The van der Waals surface area contributed by atoms with Crippen molar-refractivity contribution in [1.82, 2.24) is 10.2 Å². The molecular weight excluding hydrogens is 246 g/mol. The van der Waals surface area contributed by atoms with E-state index in [1.54, 1.807) is 0 Å². The largest absolute Gasteiger partial charge is 0.328 e. The van der Waals surface area contributed by atoms with Crippen LogP contribution < -0.4 is 4.90 Å². The first kappa shape index (κ1) is 12.8. The lowest BCUT2D eigenvalue weighted by Crippen LogP contribution is -2.14. The maximum Gasteiger partial charge on any atom is 0.158 e. The molecule has 2 rings (SSSR count). The Bertz CT molecular complexity index is 581. The van der Waals surface area contributed by atoms with Gasteiger partial charge in [0.25, 0.3) is 0 Å². The Balaban J connectivity index is 2.46. The van der Waals surface area contributed by atoms with Crippen molar-refractivity contribution in [2.24, 2.45) is 0 Å². The molecule has 0 bridgehead atoms. The van der Waals surface area contributed by atoms with E-state index in [-0.39, 0.29) is 0 Å². The van der Waals surface area contributed by atoms with Gasteiger partial charge < -0.3 is 4.90 Å². The third-order valence-corrected chi connectivity index (χ3v) is 3.51. The fraction of sp³-hybridized carbons (Fsp3) is 0.286. The number of aryl methyl sites for hydroxylation is 1. The van der Waals surface area contributed by atoms with Gasteiger partial charge in [-0.05, 0) is 49.6 Å². The quantitative estimate of drug-likeness (QED) is 0.823. The van der Waals surface area contributed by atoms with Gasteiger partial charge in [-0.3, -0.25) is 0 Å². The molecule has 0 unspecified atom stereocenters. The van der Waals surface area contributed by atoms with Crippen LogP contribution in [0.3, 0.4) is 0 Å². The minimum absolute atomic E-state index is 0.467. The molecule has 3 nitrogen and oxygen atoms in total. The highest BCUT2D eigenvalue weighted by Crippen LogP contribution is 2.28. The van der Waals surface area contributed by atoms with Crippen LogP contribution in [0.4, 0.5) is 11.5 Å². The van der Waals surface area contributed by atoms with E-state index in [2.05, 4.69) is 35.3 Å². The van der Waals surface area contributed by atoms with Gasteiger partial charge in [0.1, 0.15) is 0 Å². The van der Waals surface area contributed by atoms with Crippen molar-refractivity contribution in [2.45, 2.75) is 20.8 Å². The zero-order chi connectivity index (χ0) is 13.3. The Morgan fingerprint density at radius 3 is 2.44 bits per heavy atom. The number of hydrogen-bond donors (Lipinski definition) is 0. The smallest absolute Gasteiger partial charge is 0.158 e. The van der Waals surface area contributed by atoms with Crippen molar-refractivity contribution in [2.75, 3.05) is 11.9 Å². The summed E-state index contributed by atoms with van der Waals surface area (Å²) in [5.41, 5.74) is 4.34. The molecule has 4 heteroatoms. The van der Waals surface area contributed by atoms with E-state index in [1.807, 2.05) is 31.9 Å². The number of hydrogen-bond acceptors (Lipinski definition) is 3. The number of nitrogens with zero attached hydrogens (tertiary/aromatic N) is 3. The van der Waals surface area contributed by atoms with Gasteiger partial charge in [-0.1, -0.05) is 23.7 Å². The third kappa shape index (κ3) is 2.31. The number of anilines is 2. The maximum atomic E-state index is 5.97. The van der Waals surface area contributed by atoms with Crippen molar-refractivity contribution >= 4 is 23.1 Å². The topological polar surface area (TPSA) is 29.0 Å². The molecule has 0 N–H and O–H groups in total. The minimum Gasteiger partial charge on any atom is -0.328 e. The fourth-order valence-electron chi connectivity index (χ4n) is 1.84. The summed E-state index contributed by atoms with van der Waals surface area (Å²) in [5.74, 6) is 0.836. The van der Waals surface area contributed by atoms with E-state index in [1.165, 1.54) is 5.56 Å². The predicted octanol–water partition coefficient (Wildman–Crippen LogP) is 3.82. The molecule has 0 amide bonds. The second-order valence-electron chi connectivity index (χ2n) is 4.46. The van der Waals surface area contributed by atoms with Gasteiger partial charge in [0.2, 0.25) is 0 Å². The first-order valence-corrected chi connectivity index (χ1v) is 6.18. The predicted molar refractivity (Wildman–Crippen MR) is 75.8 cm³/mol. The van der Waals surface area contributed by atoms with E-state index in [9.17, 15) is 0 Å². The lowest BCUT2D eigenvalue weighted by atomic mass is 10.1. The molecule has 0 saturated carbocycles. The molecule has 0 spiro atoms. The zero-order valence-corrected chi connectivity index (χ0v) is 11.8. The van der Waals surface area contributed by atoms with Gasteiger partial charge in [0.05, 0.1) is 0 Å². The summed E-state index contributed by atoms with van der Waals surface area (Å²) in [6, 6.07) is 8.28. The minimum atomic E-state index is 0.467. The first-order chi connectivity index (χ1) is 8.50. The van der Waals surface area contributed by atoms with Crippen LogP contribution in [0.2, 0.25) is 5.15 Å². The van der Waals surface area contributed by atoms with Crippen molar-refractivity contribution in [3.8, 4) is 0 Å². The van der Waals surface area contributed by atoms with Crippen LogP contribution in [0.1, 0.15) is 16.7 Å². The maximum absolute atomic E-state index is 5.97. The summed E-state index contributed by atoms with van der Waals surface area (Å²) in [7, 11) is 1.99. The molecule has 0 fully saturated rings. The first-order valence-electron chi connectivity index (χ1n) is 5.80. The number of benzene rings is 1. The van der Waals surface area contributed by atoms with Crippen molar-refractivity contribution < 1.29 is 0 Å². The zero-order valence-electron chi connectivity index (χ0n) is 11.0. The fourth-order valence-corrected chi connectivity index (χ4v) is 2.02. The molecule has 0 aliphatic rings. The number of rotatable bonds is 2. The summed E-state index contributed by atoms with van der Waals surface area (Å²) in [6.45, 7) is 6.04. The Labute approximate surface area is 112 Å². The van der Waals surface area contributed by atoms with E-state index in [0.717, 1.165) is 22.6 Å². The van der Waals surface area contributed by atoms with E-state index in [4.69, 9.17) is 11.6 Å². The van der Waals surface area contributed by atoms with E-state index in [0.29, 0.717) is 5.15 Å². The van der Waals surface area contributed by atoms with Gasteiger partial charge in [-0.15, -0.1) is 10.2 Å². The van der Waals surface area contributed by atoms with Gasteiger partial charge in [-0.2, -0.15) is 0 Å². The molecule has 1 aromatic heterocycles. The van der Waals surface area contributed by atoms with Crippen molar-refractivity contribution in [3.63, 3.8) is 0 Å². The van der Waals surface area contributed by atoms with E-state index < -0.39 is 0 Å². The lowest BCUT2D eigenvalue weighted by Gasteiger charge is -2.21. The average molecular weight is 262 g/mol. The second-order valence-corrected chi connectivity index (χ2v) is 4.82. The lowest BCUT2D eigenvalue weighted by molar-refractivity contribution is 0.957. The molecule has 2 aromatic rings. The molecule has 0 atom stereocenters. The Morgan fingerprint density at radius 1 is 1.06 bits per heavy atom. The summed E-state index contributed by atoms with van der Waals surface area (Å²) in [4.78, 5) is 2.03. The monoisotopic (exact) mass is 261 g/mol. The highest BCUT2D eigenvalue weighted by atomic mass is 35.5. The van der Waals surface area contributed by atoms with Crippen molar-refractivity contribution in [1.29, 1.82) is 0 Å². The van der Waals surface area contributed by atoms with Crippen LogP contribution >= 0.6 is 11.6 Å². The van der Waals surface area contributed by atoms with Crippen LogP contribution in [-0.2, 0) is 0 Å². The average Bonchev–Trinajstić information content (AvgIpc) is 2.35. The van der Waals surface area contributed by atoms with Gasteiger partial charge in [0, 0.05) is 12.7 Å². The summed E-state index contributed by atoms with van der Waals surface area (Å²) >= 11 is 5.97. The normalized spacial score (nSPS) is 10.5. The summed E-state index contributed by atoms with van der Waals surface area (Å²) in [6.07, 6.45) is 0. The van der Waals surface area contributed by atoms with Crippen LogP contribution in [-0.4, -0.2) is 17.2 Å². The number of halogens is 1. The molecule has 0 radical (unpaired) electrons. The highest BCUT2D eigenvalue weighted by Gasteiger charge is 2.13. The van der Waals surface area contributed by atoms with E-state index >= 15 is 0 Å². The molecule has 0 saturated heterocycles. The molecule has 0 aliphatic carbocycles. The summed E-state index contributed by atoms with van der Waals surface area (Å²) < 4.78 is 0. The number of aromatic nitrogens is 2. The molecule has 1 heterocycles. The van der Waals surface area contributed by atoms with Crippen molar-refractivity contribution in [3.05, 3.63) is 46.1 Å². The van der Waals surface area contributed by atoms with Gasteiger partial charge in [-0.25, -0.2) is 0 Å². The molecule has 1 aromatic carbocycles. The Morgan fingerprint density at radius 2 is 1.78 bits per heavy atom. The summed E-state index contributed by atoms with van der Waals surface area (Å²) in [5, 5.41) is 8.64. The SMILES string of the molecule is Cc1cccc(N(C)c2nnc(Cl)c(C)c2C)c1. The molecule has 0 aliphatic heterocycles. The Hall–Kier alpha value is -1.61. The van der Waals surface area contributed by atoms with Gasteiger partial charge >= 0.3 is 0 Å².